The monoisotopic (exact) mass is 565 g/mol. The highest BCUT2D eigenvalue weighted by Gasteiger charge is 2.10. The van der Waals surface area contributed by atoms with E-state index in [2.05, 4.69) is 60.2 Å². The van der Waals surface area contributed by atoms with Crippen LogP contribution in [0.4, 0.5) is 45.1 Å². The van der Waals surface area contributed by atoms with E-state index in [1.165, 1.54) is 5.56 Å². The molecule has 10 nitrogen and oxygen atoms in total. The largest absolute Gasteiger partial charge is 0.351 e. The quantitative estimate of drug-likeness (QED) is 0.125. The second kappa shape index (κ2) is 12.8. The molecule has 206 valence electrons. The Morgan fingerprint density at radius 3 is 2.32 bits per heavy atom. The highest BCUT2D eigenvalue weighted by Crippen LogP contribution is 2.33. The number of azo groups is 1. The Kier molecular flexibility index (Phi) is 8.61. The van der Waals surface area contributed by atoms with Gasteiger partial charge in [0, 0.05) is 16.8 Å². The lowest BCUT2D eigenvalue weighted by Gasteiger charge is -2.11. The number of halogens is 1. The summed E-state index contributed by atoms with van der Waals surface area (Å²) in [6.45, 7) is 2.17. The lowest BCUT2D eigenvalue weighted by Crippen LogP contribution is -2.19. The molecule has 0 fully saturated rings. The topological polar surface area (TPSA) is 143 Å². The SMILES string of the molecule is CCCCc1cccc(Nc2nc(Cl)nc(Nc3ccc(N=Nc4cccc5ccccc45)c(NC(N)=O)c3)n2)c1. The molecule has 5 rings (SSSR count). The zero-order valence-electron chi connectivity index (χ0n) is 22.3. The van der Waals surface area contributed by atoms with Crippen molar-refractivity contribution in [1.29, 1.82) is 0 Å². The van der Waals surface area contributed by atoms with Crippen LogP contribution in [0.5, 0.6) is 0 Å². The summed E-state index contributed by atoms with van der Waals surface area (Å²) in [6.07, 6.45) is 3.24. The number of unbranched alkanes of at least 4 members (excludes halogenated alkanes) is 1. The molecule has 0 saturated carbocycles. The fraction of sp³-hybridized carbons (Fsp3) is 0.133. The lowest BCUT2D eigenvalue weighted by molar-refractivity contribution is 0.259. The fourth-order valence-corrected chi connectivity index (χ4v) is 4.40. The molecule has 0 saturated heterocycles. The number of anilines is 5. The van der Waals surface area contributed by atoms with Gasteiger partial charge in [0.2, 0.25) is 17.2 Å². The third-order valence-corrected chi connectivity index (χ3v) is 6.32. The maximum absolute atomic E-state index is 11.7. The summed E-state index contributed by atoms with van der Waals surface area (Å²) >= 11 is 6.21. The Hall–Kier alpha value is -5.09. The van der Waals surface area contributed by atoms with Crippen LogP contribution in [0.2, 0.25) is 5.28 Å². The third kappa shape index (κ3) is 7.31. The predicted molar refractivity (Wildman–Crippen MR) is 164 cm³/mol. The Morgan fingerprint density at radius 2 is 1.54 bits per heavy atom. The van der Waals surface area contributed by atoms with E-state index in [0.717, 1.165) is 35.7 Å². The Bertz CT molecular complexity index is 1720. The van der Waals surface area contributed by atoms with Gasteiger partial charge in [-0.3, -0.25) is 0 Å². The van der Waals surface area contributed by atoms with Crippen molar-refractivity contribution in [3.05, 3.63) is 95.8 Å². The van der Waals surface area contributed by atoms with Gasteiger partial charge >= 0.3 is 6.03 Å². The molecule has 5 N–H and O–H groups in total. The van der Waals surface area contributed by atoms with Crippen molar-refractivity contribution in [2.24, 2.45) is 16.0 Å². The van der Waals surface area contributed by atoms with Gasteiger partial charge in [0.25, 0.3) is 0 Å². The lowest BCUT2D eigenvalue weighted by atomic mass is 10.1. The first-order chi connectivity index (χ1) is 20.0. The van der Waals surface area contributed by atoms with Crippen LogP contribution in [0.15, 0.2) is 95.2 Å². The second-order valence-electron chi connectivity index (χ2n) is 9.23. The highest BCUT2D eigenvalue weighted by atomic mass is 35.5. The standard InChI is InChI=1S/C30H28ClN9O/c1-2-3-8-19-9-6-12-21(17-19)33-29-36-27(31)37-30(38-29)34-22-15-16-25(26(18-22)35-28(32)41)40-39-24-14-7-11-20-10-4-5-13-23(20)24/h4-7,9-18H,2-3,8H2,1H3,(H3,32,35,41)(H2,33,34,36,37,38). The van der Waals surface area contributed by atoms with Crippen molar-refractivity contribution in [3.63, 3.8) is 0 Å². The first-order valence-corrected chi connectivity index (χ1v) is 13.5. The Labute approximate surface area is 242 Å². The molecule has 0 aliphatic heterocycles. The number of urea groups is 1. The Balaban J connectivity index is 1.37. The summed E-state index contributed by atoms with van der Waals surface area (Å²) in [5.74, 6) is 0.501. The summed E-state index contributed by atoms with van der Waals surface area (Å²) in [4.78, 5) is 24.6. The number of nitrogens with two attached hydrogens (primary N) is 1. The zero-order valence-corrected chi connectivity index (χ0v) is 23.1. The van der Waals surface area contributed by atoms with E-state index in [1.807, 2.05) is 54.6 Å². The second-order valence-corrected chi connectivity index (χ2v) is 9.56. The van der Waals surface area contributed by atoms with E-state index in [0.29, 0.717) is 22.7 Å². The smallest absolute Gasteiger partial charge is 0.316 e. The fourth-order valence-electron chi connectivity index (χ4n) is 4.24. The summed E-state index contributed by atoms with van der Waals surface area (Å²) in [5.41, 5.74) is 9.54. The molecule has 0 radical (unpaired) electrons. The van der Waals surface area contributed by atoms with Crippen molar-refractivity contribution in [2.75, 3.05) is 16.0 Å². The first-order valence-electron chi connectivity index (χ1n) is 13.1. The molecule has 11 heteroatoms. The normalized spacial score (nSPS) is 11.1. The number of nitrogens with zero attached hydrogens (tertiary/aromatic N) is 5. The minimum Gasteiger partial charge on any atom is -0.351 e. The molecular formula is C30H28ClN9O. The van der Waals surface area contributed by atoms with E-state index in [1.54, 1.807) is 18.2 Å². The third-order valence-electron chi connectivity index (χ3n) is 6.15. The van der Waals surface area contributed by atoms with E-state index in [-0.39, 0.29) is 17.2 Å². The number of hydrogen-bond acceptors (Lipinski definition) is 8. The number of fused-ring (bicyclic) bond motifs is 1. The van der Waals surface area contributed by atoms with Crippen LogP contribution in [0.3, 0.4) is 0 Å². The molecule has 0 spiro atoms. The van der Waals surface area contributed by atoms with Crippen LogP contribution >= 0.6 is 11.6 Å². The minimum absolute atomic E-state index is 0.0168. The van der Waals surface area contributed by atoms with E-state index in [4.69, 9.17) is 17.3 Å². The van der Waals surface area contributed by atoms with Gasteiger partial charge in [-0.2, -0.15) is 15.0 Å². The molecule has 2 amide bonds. The van der Waals surface area contributed by atoms with Gasteiger partial charge in [-0.1, -0.05) is 61.9 Å². The minimum atomic E-state index is -0.736. The van der Waals surface area contributed by atoms with Gasteiger partial charge in [0.15, 0.2) is 0 Å². The van der Waals surface area contributed by atoms with Crippen LogP contribution in [-0.2, 0) is 6.42 Å². The van der Waals surface area contributed by atoms with Gasteiger partial charge in [-0.15, -0.1) is 10.2 Å². The van der Waals surface area contributed by atoms with Crippen LogP contribution < -0.4 is 21.7 Å². The van der Waals surface area contributed by atoms with E-state index < -0.39 is 6.03 Å². The number of aromatic nitrogens is 3. The predicted octanol–water partition coefficient (Wildman–Crippen LogP) is 8.41. The van der Waals surface area contributed by atoms with Gasteiger partial charge < -0.3 is 21.7 Å². The number of carbonyl (C=O) groups excluding carboxylic acids is 1. The molecule has 0 atom stereocenters. The number of primary amides is 1. The molecule has 0 aliphatic rings. The first kappa shape index (κ1) is 27.5. The van der Waals surface area contributed by atoms with E-state index >= 15 is 0 Å². The number of amides is 2. The molecule has 4 aromatic carbocycles. The molecule has 0 bridgehead atoms. The van der Waals surface area contributed by atoms with Crippen molar-refractivity contribution in [3.8, 4) is 0 Å². The number of benzene rings is 4. The van der Waals surface area contributed by atoms with Crippen molar-refractivity contribution < 1.29 is 4.79 Å². The van der Waals surface area contributed by atoms with Crippen LogP contribution in [-0.4, -0.2) is 21.0 Å². The summed E-state index contributed by atoms with van der Waals surface area (Å²) < 4.78 is 0. The van der Waals surface area contributed by atoms with Gasteiger partial charge in [-0.05, 0) is 71.8 Å². The van der Waals surface area contributed by atoms with Gasteiger partial charge in [-0.25, -0.2) is 4.79 Å². The maximum Gasteiger partial charge on any atom is 0.316 e. The average molecular weight is 566 g/mol. The summed E-state index contributed by atoms with van der Waals surface area (Å²) in [6, 6.07) is 26.2. The molecule has 1 heterocycles. The van der Waals surface area contributed by atoms with Crippen molar-refractivity contribution in [1.82, 2.24) is 15.0 Å². The van der Waals surface area contributed by atoms with Crippen LogP contribution in [0, 0.1) is 0 Å². The molecule has 1 aromatic heterocycles. The van der Waals surface area contributed by atoms with Crippen molar-refractivity contribution >= 4 is 68.7 Å². The number of hydrogen-bond donors (Lipinski definition) is 4. The van der Waals surface area contributed by atoms with Gasteiger partial charge in [0.05, 0.1) is 11.4 Å². The highest BCUT2D eigenvalue weighted by molar-refractivity contribution is 6.28. The zero-order chi connectivity index (χ0) is 28.6. The van der Waals surface area contributed by atoms with Crippen molar-refractivity contribution in [2.45, 2.75) is 26.2 Å². The maximum atomic E-state index is 11.7. The Morgan fingerprint density at radius 1 is 0.829 bits per heavy atom. The van der Waals surface area contributed by atoms with E-state index in [9.17, 15) is 4.79 Å². The number of nitrogens with one attached hydrogen (secondary N) is 3. The summed E-state index contributed by atoms with van der Waals surface area (Å²) in [7, 11) is 0. The molecular weight excluding hydrogens is 538 g/mol. The molecule has 5 aromatic rings. The van der Waals surface area contributed by atoms with Crippen LogP contribution in [0.1, 0.15) is 25.3 Å². The molecule has 0 unspecified atom stereocenters. The van der Waals surface area contributed by atoms with Gasteiger partial charge in [0.1, 0.15) is 5.69 Å². The summed E-state index contributed by atoms with van der Waals surface area (Å²) in [5, 5.41) is 19.7. The number of rotatable bonds is 10. The number of aryl methyl sites for hydroxylation is 1. The molecule has 41 heavy (non-hydrogen) atoms. The average Bonchev–Trinajstić information content (AvgIpc) is 2.95. The number of carbonyl (C=O) groups is 1. The van der Waals surface area contributed by atoms with Crippen LogP contribution in [0.25, 0.3) is 10.8 Å². The molecule has 0 aliphatic carbocycles.